The minimum Gasteiger partial charge on any atom is -0.481 e. The number of amides is 1. The van der Waals surface area contributed by atoms with Gasteiger partial charge in [0, 0.05) is 31.5 Å². The SMILES string of the molecule is COc1c(C2CNC(=O)C2)c(C)nn1C. The molecule has 1 N–H and O–H groups in total. The van der Waals surface area contributed by atoms with Crippen LogP contribution in [0.4, 0.5) is 0 Å². The van der Waals surface area contributed by atoms with Gasteiger partial charge in [-0.05, 0) is 6.92 Å². The van der Waals surface area contributed by atoms with Crippen molar-refractivity contribution in [2.45, 2.75) is 19.3 Å². The quantitative estimate of drug-likeness (QED) is 0.764. The number of ether oxygens (including phenoxy) is 1. The van der Waals surface area contributed by atoms with E-state index in [2.05, 4.69) is 10.4 Å². The highest BCUT2D eigenvalue weighted by atomic mass is 16.5. The minimum absolute atomic E-state index is 0.102. The van der Waals surface area contributed by atoms with Gasteiger partial charge in [-0.3, -0.25) is 4.79 Å². The number of nitrogens with one attached hydrogen (secondary N) is 1. The molecule has 1 aromatic rings. The van der Waals surface area contributed by atoms with E-state index in [1.165, 1.54) is 0 Å². The van der Waals surface area contributed by atoms with Gasteiger partial charge in [-0.2, -0.15) is 5.10 Å². The van der Waals surface area contributed by atoms with E-state index in [9.17, 15) is 4.79 Å². The average molecular weight is 209 g/mol. The molecule has 82 valence electrons. The zero-order valence-electron chi connectivity index (χ0n) is 9.20. The second-order valence-corrected chi connectivity index (χ2v) is 3.84. The van der Waals surface area contributed by atoms with Gasteiger partial charge >= 0.3 is 0 Å². The van der Waals surface area contributed by atoms with Crippen molar-refractivity contribution in [1.82, 2.24) is 15.1 Å². The first-order valence-electron chi connectivity index (χ1n) is 4.97. The molecule has 1 aromatic heterocycles. The molecule has 0 saturated carbocycles. The second kappa shape index (κ2) is 3.56. The molecule has 0 spiro atoms. The molecule has 2 rings (SSSR count). The lowest BCUT2D eigenvalue weighted by Crippen LogP contribution is -2.13. The summed E-state index contributed by atoms with van der Waals surface area (Å²) in [5.41, 5.74) is 1.99. The first-order valence-corrected chi connectivity index (χ1v) is 4.97. The summed E-state index contributed by atoms with van der Waals surface area (Å²) in [7, 11) is 3.48. The lowest BCUT2D eigenvalue weighted by molar-refractivity contribution is -0.119. The van der Waals surface area contributed by atoms with E-state index >= 15 is 0 Å². The number of hydrogen-bond donors (Lipinski definition) is 1. The molecule has 0 aromatic carbocycles. The third-order valence-electron chi connectivity index (χ3n) is 2.79. The molecule has 1 aliphatic rings. The van der Waals surface area contributed by atoms with E-state index in [4.69, 9.17) is 4.74 Å². The van der Waals surface area contributed by atoms with Gasteiger partial charge in [-0.15, -0.1) is 0 Å². The zero-order valence-corrected chi connectivity index (χ0v) is 9.20. The van der Waals surface area contributed by atoms with E-state index in [1.807, 2.05) is 14.0 Å². The normalized spacial score (nSPS) is 20.5. The fourth-order valence-corrected chi connectivity index (χ4v) is 2.17. The van der Waals surface area contributed by atoms with Gasteiger partial charge in [0.05, 0.1) is 12.8 Å². The van der Waals surface area contributed by atoms with Gasteiger partial charge in [0.1, 0.15) is 0 Å². The Hall–Kier alpha value is -1.52. The van der Waals surface area contributed by atoms with Crippen LogP contribution in [0.15, 0.2) is 0 Å². The summed E-state index contributed by atoms with van der Waals surface area (Å²) >= 11 is 0. The van der Waals surface area contributed by atoms with E-state index in [1.54, 1.807) is 11.8 Å². The van der Waals surface area contributed by atoms with Gasteiger partial charge < -0.3 is 10.1 Å². The summed E-state index contributed by atoms with van der Waals surface area (Å²) in [5, 5.41) is 7.13. The lowest BCUT2D eigenvalue weighted by Gasteiger charge is -2.09. The number of nitrogens with zero attached hydrogens (tertiary/aromatic N) is 2. The summed E-state index contributed by atoms with van der Waals surface area (Å²) in [6.45, 7) is 2.63. The molecule has 5 heteroatoms. The summed E-state index contributed by atoms with van der Waals surface area (Å²) in [4.78, 5) is 11.2. The maximum absolute atomic E-state index is 11.2. The topological polar surface area (TPSA) is 56.1 Å². The summed E-state index contributed by atoms with van der Waals surface area (Å²) in [6.07, 6.45) is 0.531. The second-order valence-electron chi connectivity index (χ2n) is 3.84. The molecule has 0 aliphatic carbocycles. The molecule has 1 saturated heterocycles. The molecule has 0 bridgehead atoms. The van der Waals surface area contributed by atoms with Crippen molar-refractivity contribution >= 4 is 5.91 Å². The fraction of sp³-hybridized carbons (Fsp3) is 0.600. The van der Waals surface area contributed by atoms with E-state index in [0.29, 0.717) is 13.0 Å². The van der Waals surface area contributed by atoms with Crippen molar-refractivity contribution in [2.75, 3.05) is 13.7 Å². The van der Waals surface area contributed by atoms with Gasteiger partial charge in [0.2, 0.25) is 11.8 Å². The molecule has 1 unspecified atom stereocenters. The highest BCUT2D eigenvalue weighted by molar-refractivity contribution is 5.79. The summed E-state index contributed by atoms with van der Waals surface area (Å²) < 4.78 is 7.02. The summed E-state index contributed by atoms with van der Waals surface area (Å²) in [5.74, 6) is 1.06. The van der Waals surface area contributed by atoms with Crippen molar-refractivity contribution in [1.29, 1.82) is 0 Å². The molecule has 2 heterocycles. The lowest BCUT2D eigenvalue weighted by atomic mass is 9.98. The zero-order chi connectivity index (χ0) is 11.0. The van der Waals surface area contributed by atoms with E-state index in [-0.39, 0.29) is 11.8 Å². The Morgan fingerprint density at radius 3 is 2.87 bits per heavy atom. The van der Waals surface area contributed by atoms with Crippen LogP contribution in [-0.4, -0.2) is 29.3 Å². The average Bonchev–Trinajstić information content (AvgIpc) is 2.70. The number of hydrogen-bond acceptors (Lipinski definition) is 3. The fourth-order valence-electron chi connectivity index (χ4n) is 2.17. The molecule has 0 radical (unpaired) electrons. The first-order chi connectivity index (χ1) is 7.13. The Morgan fingerprint density at radius 1 is 1.60 bits per heavy atom. The van der Waals surface area contributed by atoms with Crippen LogP contribution in [-0.2, 0) is 11.8 Å². The van der Waals surface area contributed by atoms with Crippen LogP contribution in [0.5, 0.6) is 5.88 Å². The monoisotopic (exact) mass is 209 g/mol. The number of rotatable bonds is 2. The Morgan fingerprint density at radius 2 is 2.33 bits per heavy atom. The van der Waals surface area contributed by atoms with Crippen molar-refractivity contribution in [2.24, 2.45) is 7.05 Å². The maximum atomic E-state index is 11.2. The van der Waals surface area contributed by atoms with Crippen molar-refractivity contribution in [3.8, 4) is 5.88 Å². The minimum atomic E-state index is 0.102. The molecule has 1 aliphatic heterocycles. The van der Waals surface area contributed by atoms with E-state index < -0.39 is 0 Å². The van der Waals surface area contributed by atoms with Gasteiger partial charge in [-0.25, -0.2) is 4.68 Å². The first kappa shape index (κ1) is 10.0. The molecule has 1 fully saturated rings. The Kier molecular flexibility index (Phi) is 2.38. The Labute approximate surface area is 88.4 Å². The molecule has 15 heavy (non-hydrogen) atoms. The predicted octanol–water partition coefficient (Wildman–Crippen LogP) is 0.341. The Bertz CT molecular complexity index is 398. The largest absolute Gasteiger partial charge is 0.481 e. The van der Waals surface area contributed by atoms with Crippen LogP contribution in [0.25, 0.3) is 0 Å². The van der Waals surface area contributed by atoms with Gasteiger partial charge in [-0.1, -0.05) is 0 Å². The maximum Gasteiger partial charge on any atom is 0.220 e. The third kappa shape index (κ3) is 1.58. The number of aromatic nitrogens is 2. The highest BCUT2D eigenvalue weighted by Gasteiger charge is 2.29. The molecule has 5 nitrogen and oxygen atoms in total. The predicted molar refractivity (Wildman–Crippen MR) is 54.9 cm³/mol. The van der Waals surface area contributed by atoms with Crippen LogP contribution in [0.1, 0.15) is 23.6 Å². The van der Waals surface area contributed by atoms with Crippen molar-refractivity contribution in [3.63, 3.8) is 0 Å². The van der Waals surface area contributed by atoms with Crippen molar-refractivity contribution in [3.05, 3.63) is 11.3 Å². The molecule has 1 atom stereocenters. The number of methoxy groups -OCH3 is 1. The third-order valence-corrected chi connectivity index (χ3v) is 2.79. The van der Waals surface area contributed by atoms with Crippen LogP contribution in [0, 0.1) is 6.92 Å². The van der Waals surface area contributed by atoms with Crippen LogP contribution >= 0.6 is 0 Å². The smallest absolute Gasteiger partial charge is 0.220 e. The standard InChI is InChI=1S/C10H15N3O2/c1-6-9(7-4-8(14)11-5-7)10(15-3)13(2)12-6/h7H,4-5H2,1-3H3,(H,11,14). The van der Waals surface area contributed by atoms with Crippen LogP contribution in [0.2, 0.25) is 0 Å². The van der Waals surface area contributed by atoms with Gasteiger partial charge in [0.15, 0.2) is 0 Å². The number of carbonyl (C=O) groups excluding carboxylic acids is 1. The molecular weight excluding hydrogens is 194 g/mol. The number of aryl methyl sites for hydroxylation is 2. The highest BCUT2D eigenvalue weighted by Crippen LogP contribution is 2.33. The molecule has 1 amide bonds. The van der Waals surface area contributed by atoms with Crippen LogP contribution in [0.3, 0.4) is 0 Å². The summed E-state index contributed by atoms with van der Waals surface area (Å²) in [6, 6.07) is 0. The molecular formula is C10H15N3O2. The van der Waals surface area contributed by atoms with Crippen LogP contribution < -0.4 is 10.1 Å². The Balaban J connectivity index is 2.38. The van der Waals surface area contributed by atoms with E-state index in [0.717, 1.165) is 17.1 Å². The van der Waals surface area contributed by atoms with Gasteiger partial charge in [0.25, 0.3) is 0 Å². The van der Waals surface area contributed by atoms with Crippen molar-refractivity contribution < 1.29 is 9.53 Å². The number of carbonyl (C=O) groups is 1.